The molecule has 0 aliphatic rings. The largest absolute Gasteiger partial charge is 0.465 e. The van der Waals surface area contributed by atoms with E-state index >= 15 is 0 Å². The molecule has 0 saturated heterocycles. The number of halogens is 2. The Morgan fingerprint density at radius 3 is 2.65 bits per heavy atom. The van der Waals surface area contributed by atoms with Crippen LogP contribution in [0.3, 0.4) is 0 Å². The fourth-order valence-electron chi connectivity index (χ4n) is 1.38. The number of rotatable bonds is 8. The van der Waals surface area contributed by atoms with Crippen molar-refractivity contribution in [3.63, 3.8) is 0 Å². The van der Waals surface area contributed by atoms with Crippen molar-refractivity contribution in [2.75, 3.05) is 34.2 Å². The zero-order valence-corrected chi connectivity index (χ0v) is 12.9. The van der Waals surface area contributed by atoms with Crippen molar-refractivity contribution in [3.05, 3.63) is 33.5 Å². The summed E-state index contributed by atoms with van der Waals surface area (Å²) >= 11 is 3.26. The molecule has 0 fully saturated rings. The first kappa shape index (κ1) is 17.0. The fraction of sp³-hybridized carbons (Fsp3) is 0.462. The predicted molar refractivity (Wildman–Crippen MR) is 72.9 cm³/mol. The summed E-state index contributed by atoms with van der Waals surface area (Å²) in [7, 11) is 2.77. The van der Waals surface area contributed by atoms with E-state index in [1.165, 1.54) is 19.2 Å². The molecule has 0 heterocycles. The molecule has 0 amide bonds. The Balaban J connectivity index is 2.55. The van der Waals surface area contributed by atoms with Gasteiger partial charge in [-0.1, -0.05) is 15.9 Å². The summed E-state index contributed by atoms with van der Waals surface area (Å²) in [5.41, 5.74) is 0.449. The quantitative estimate of drug-likeness (QED) is 0.409. The third-order valence-electron chi connectivity index (χ3n) is 2.40. The highest BCUT2D eigenvalue weighted by Crippen LogP contribution is 2.22. The second-order valence-electron chi connectivity index (χ2n) is 3.78. The molecule has 1 aromatic carbocycles. The third kappa shape index (κ3) is 5.16. The number of methoxy groups -OCH3 is 2. The number of ether oxygens (including phenoxy) is 4. The Morgan fingerprint density at radius 1 is 1.25 bits per heavy atom. The maximum atomic E-state index is 13.7. The Bertz CT molecular complexity index is 453. The lowest BCUT2D eigenvalue weighted by Crippen LogP contribution is -2.08. The van der Waals surface area contributed by atoms with Crippen molar-refractivity contribution in [2.45, 2.75) is 6.61 Å². The average Bonchev–Trinajstić information content (AvgIpc) is 2.44. The van der Waals surface area contributed by atoms with Gasteiger partial charge in [0.15, 0.2) is 0 Å². The van der Waals surface area contributed by atoms with Crippen molar-refractivity contribution < 1.29 is 28.1 Å². The predicted octanol–water partition coefficient (Wildman–Crippen LogP) is 2.51. The second-order valence-corrected chi connectivity index (χ2v) is 4.64. The zero-order chi connectivity index (χ0) is 15.0. The maximum Gasteiger partial charge on any atom is 0.340 e. The molecular formula is C13H16BrFO5. The summed E-state index contributed by atoms with van der Waals surface area (Å²) in [6, 6.07) is 2.59. The molecular weight excluding hydrogens is 335 g/mol. The van der Waals surface area contributed by atoms with Gasteiger partial charge in [-0.05, 0) is 17.7 Å². The highest BCUT2D eigenvalue weighted by molar-refractivity contribution is 9.10. The normalized spacial score (nSPS) is 10.6. The van der Waals surface area contributed by atoms with Crippen LogP contribution < -0.4 is 0 Å². The Hall–Kier alpha value is -1.02. The minimum Gasteiger partial charge on any atom is -0.465 e. The van der Waals surface area contributed by atoms with E-state index in [4.69, 9.17) is 14.2 Å². The standard InChI is InChI=1S/C13H16BrFO5/c1-17-3-4-19-8-20-7-9-5-12(15)10(6-11(9)14)13(16)18-2/h5-6H,3-4,7-8H2,1-2H3. The topological polar surface area (TPSA) is 54.0 Å². The number of hydrogen-bond acceptors (Lipinski definition) is 5. The fourth-order valence-corrected chi connectivity index (χ4v) is 1.83. The van der Waals surface area contributed by atoms with E-state index in [2.05, 4.69) is 20.7 Å². The Kier molecular flexibility index (Phi) is 7.68. The van der Waals surface area contributed by atoms with Crippen LogP contribution in [0.5, 0.6) is 0 Å². The van der Waals surface area contributed by atoms with Gasteiger partial charge in [0.1, 0.15) is 12.6 Å². The van der Waals surface area contributed by atoms with Gasteiger partial charge in [0.05, 0.1) is 32.5 Å². The molecule has 5 nitrogen and oxygen atoms in total. The van der Waals surface area contributed by atoms with E-state index in [-0.39, 0.29) is 19.0 Å². The SMILES string of the molecule is COCCOCOCc1cc(F)c(C(=O)OC)cc1Br. The van der Waals surface area contributed by atoms with Gasteiger partial charge >= 0.3 is 5.97 Å². The molecule has 0 aliphatic carbocycles. The third-order valence-corrected chi connectivity index (χ3v) is 3.14. The van der Waals surface area contributed by atoms with Gasteiger partial charge in [-0.15, -0.1) is 0 Å². The molecule has 0 aromatic heterocycles. The molecule has 7 heteroatoms. The van der Waals surface area contributed by atoms with Gasteiger partial charge in [0, 0.05) is 11.6 Å². The number of esters is 1. The molecule has 0 saturated carbocycles. The lowest BCUT2D eigenvalue weighted by Gasteiger charge is -2.09. The van der Waals surface area contributed by atoms with Gasteiger partial charge in [-0.2, -0.15) is 0 Å². The Morgan fingerprint density at radius 2 is 2.00 bits per heavy atom. The summed E-state index contributed by atoms with van der Waals surface area (Å²) in [5.74, 6) is -1.38. The smallest absolute Gasteiger partial charge is 0.340 e. The molecule has 0 spiro atoms. The van der Waals surface area contributed by atoms with Crippen molar-refractivity contribution >= 4 is 21.9 Å². The number of hydrogen-bond donors (Lipinski definition) is 0. The van der Waals surface area contributed by atoms with E-state index in [9.17, 15) is 9.18 Å². The van der Waals surface area contributed by atoms with Gasteiger partial charge in [0.25, 0.3) is 0 Å². The monoisotopic (exact) mass is 350 g/mol. The minimum absolute atomic E-state index is 0.0795. The van der Waals surface area contributed by atoms with Crippen molar-refractivity contribution in [3.8, 4) is 0 Å². The van der Waals surface area contributed by atoms with Gasteiger partial charge in [-0.3, -0.25) is 0 Å². The van der Waals surface area contributed by atoms with Crippen LogP contribution in [-0.2, 0) is 25.6 Å². The zero-order valence-electron chi connectivity index (χ0n) is 11.3. The van der Waals surface area contributed by atoms with Crippen molar-refractivity contribution in [1.82, 2.24) is 0 Å². The summed E-state index contributed by atoms with van der Waals surface area (Å²) in [6.45, 7) is 1.14. The molecule has 0 unspecified atom stereocenters. The number of carbonyl (C=O) groups is 1. The van der Waals surface area contributed by atoms with Crippen LogP contribution in [0, 0.1) is 5.82 Å². The molecule has 0 atom stereocenters. The van der Waals surface area contributed by atoms with Crippen molar-refractivity contribution in [1.29, 1.82) is 0 Å². The van der Waals surface area contributed by atoms with E-state index in [0.29, 0.717) is 23.2 Å². The van der Waals surface area contributed by atoms with Crippen molar-refractivity contribution in [2.24, 2.45) is 0 Å². The minimum atomic E-state index is -0.724. The second kappa shape index (κ2) is 9.02. The van der Waals surface area contributed by atoms with Gasteiger partial charge in [0.2, 0.25) is 0 Å². The molecule has 0 aliphatic heterocycles. The number of carbonyl (C=O) groups excluding carboxylic acids is 1. The molecule has 1 rings (SSSR count). The van der Waals surface area contributed by atoms with Crippen LogP contribution in [0.1, 0.15) is 15.9 Å². The van der Waals surface area contributed by atoms with E-state index in [1.807, 2.05) is 0 Å². The first-order valence-corrected chi connectivity index (χ1v) is 6.60. The van der Waals surface area contributed by atoms with E-state index in [1.54, 1.807) is 7.11 Å². The molecule has 20 heavy (non-hydrogen) atoms. The molecule has 0 radical (unpaired) electrons. The summed E-state index contributed by atoms with van der Waals surface area (Å²) in [4.78, 5) is 11.3. The van der Waals surface area contributed by atoms with Crippen LogP contribution in [-0.4, -0.2) is 40.2 Å². The van der Waals surface area contributed by atoms with Crippen LogP contribution in [0.15, 0.2) is 16.6 Å². The molecule has 1 aromatic rings. The summed E-state index contributed by atoms with van der Waals surface area (Å²) in [5, 5.41) is 0. The lowest BCUT2D eigenvalue weighted by molar-refractivity contribution is -0.0726. The van der Waals surface area contributed by atoms with Gasteiger partial charge in [-0.25, -0.2) is 9.18 Å². The van der Waals surface area contributed by atoms with E-state index < -0.39 is 11.8 Å². The van der Waals surface area contributed by atoms with Crippen LogP contribution in [0.4, 0.5) is 4.39 Å². The molecule has 112 valence electrons. The number of benzene rings is 1. The molecule has 0 bridgehead atoms. The Labute approximate surface area is 125 Å². The lowest BCUT2D eigenvalue weighted by atomic mass is 10.1. The van der Waals surface area contributed by atoms with Crippen LogP contribution >= 0.6 is 15.9 Å². The maximum absolute atomic E-state index is 13.7. The van der Waals surface area contributed by atoms with Crippen LogP contribution in [0.2, 0.25) is 0 Å². The summed E-state index contributed by atoms with van der Waals surface area (Å²) in [6.07, 6.45) is 0. The summed E-state index contributed by atoms with van der Waals surface area (Å²) < 4.78 is 33.9. The first-order chi connectivity index (χ1) is 9.60. The highest BCUT2D eigenvalue weighted by Gasteiger charge is 2.15. The average molecular weight is 351 g/mol. The van der Waals surface area contributed by atoms with E-state index in [0.717, 1.165) is 0 Å². The highest BCUT2D eigenvalue weighted by atomic mass is 79.9. The molecule has 0 N–H and O–H groups in total. The van der Waals surface area contributed by atoms with Gasteiger partial charge < -0.3 is 18.9 Å². The van der Waals surface area contributed by atoms with Crippen LogP contribution in [0.25, 0.3) is 0 Å². The first-order valence-electron chi connectivity index (χ1n) is 5.80.